The lowest BCUT2D eigenvalue weighted by molar-refractivity contribution is 0.0647. The molecular weight excluding hydrogens is 866 g/mol. The molecule has 0 aliphatic carbocycles. The molecule has 0 saturated carbocycles. The molecule has 15 nitrogen and oxygen atoms in total. The van der Waals surface area contributed by atoms with Gasteiger partial charge in [0.15, 0.2) is 10.9 Å². The van der Waals surface area contributed by atoms with Gasteiger partial charge in [0.1, 0.15) is 28.6 Å². The Labute approximate surface area is 391 Å². The highest BCUT2D eigenvalue weighted by atomic mass is 35.5. The smallest absolute Gasteiger partial charge is 0.261 e. The minimum absolute atomic E-state index is 0.0130. The van der Waals surface area contributed by atoms with Gasteiger partial charge in [0, 0.05) is 48.8 Å². The number of carbonyl (C=O) groups excluding carboxylic acids is 3. The van der Waals surface area contributed by atoms with Crippen LogP contribution in [-0.2, 0) is 12.8 Å². The molecular formula is C50H66ClN5O10. The summed E-state index contributed by atoms with van der Waals surface area (Å²) in [5, 5.41) is 45.2. The van der Waals surface area contributed by atoms with E-state index in [1.165, 1.54) is 35.5 Å². The average molecular weight is 933 g/mol. The Morgan fingerprint density at radius 2 is 1.26 bits per heavy atom. The molecule has 5 aromatic rings. The van der Waals surface area contributed by atoms with E-state index in [2.05, 4.69) is 38.2 Å². The van der Waals surface area contributed by atoms with Crippen LogP contribution < -0.4 is 16.2 Å². The number of aromatic nitrogens is 3. The molecule has 0 fully saturated rings. The molecule has 3 aromatic heterocycles. The summed E-state index contributed by atoms with van der Waals surface area (Å²) in [6, 6.07) is 10.9. The van der Waals surface area contributed by atoms with Crippen molar-refractivity contribution in [1.82, 2.24) is 24.8 Å². The molecule has 0 saturated heterocycles. The summed E-state index contributed by atoms with van der Waals surface area (Å²) in [7, 11) is 0. The van der Waals surface area contributed by atoms with Gasteiger partial charge in [0.25, 0.3) is 17.7 Å². The molecule has 1 aliphatic rings. The third kappa shape index (κ3) is 15.1. The van der Waals surface area contributed by atoms with E-state index in [4.69, 9.17) is 16.1 Å². The van der Waals surface area contributed by atoms with Crippen molar-refractivity contribution in [3.05, 3.63) is 131 Å². The van der Waals surface area contributed by atoms with Crippen LogP contribution in [0.2, 0.25) is 5.02 Å². The number of carbonyl (C=O) groups is 3. The lowest BCUT2D eigenvalue weighted by atomic mass is 10.1. The molecule has 0 atom stereocenters. The number of pyridine rings is 2. The zero-order valence-electron chi connectivity index (χ0n) is 40.2. The molecule has 5 N–H and O–H groups in total. The SMILES string of the molecule is Cc1cc2c(cc1O)C(=O)N(CCC(C)C)C2=O.Cc1ccc(C(=O)NCCC(C)C)c(Cl)c1O.Cc1cn(O)c(-c2cc(CC(C)C)on2)cc1=O.Cc1cn(O)c(CC(C)C)cc1=O. The van der Waals surface area contributed by atoms with E-state index in [0.29, 0.717) is 99.2 Å². The number of amides is 3. The number of imide groups is 1. The van der Waals surface area contributed by atoms with Crippen LogP contribution in [0.15, 0.2) is 69.0 Å². The summed E-state index contributed by atoms with van der Waals surface area (Å²) >= 11 is 5.92. The van der Waals surface area contributed by atoms with Gasteiger partial charge < -0.3 is 30.5 Å². The third-order valence-electron chi connectivity index (χ3n) is 10.4. The zero-order chi connectivity index (χ0) is 49.7. The van der Waals surface area contributed by atoms with Crippen molar-refractivity contribution in [3.63, 3.8) is 0 Å². The first kappa shape index (κ1) is 54.0. The number of phenols is 2. The fourth-order valence-corrected chi connectivity index (χ4v) is 6.70. The fraction of sp³-hybridized carbons (Fsp3) is 0.440. The van der Waals surface area contributed by atoms with E-state index in [1.807, 2.05) is 27.7 Å². The Kier molecular flexibility index (Phi) is 19.8. The summed E-state index contributed by atoms with van der Waals surface area (Å²) in [6.45, 7) is 24.4. The number of benzene rings is 2. The van der Waals surface area contributed by atoms with Gasteiger partial charge in [-0.1, -0.05) is 78.2 Å². The van der Waals surface area contributed by atoms with Crippen LogP contribution in [0.3, 0.4) is 0 Å². The van der Waals surface area contributed by atoms with Crippen LogP contribution in [-0.4, -0.2) is 71.0 Å². The maximum Gasteiger partial charge on any atom is 0.261 e. The first-order chi connectivity index (χ1) is 30.8. The van der Waals surface area contributed by atoms with E-state index in [-0.39, 0.29) is 45.1 Å². The Hall–Kier alpha value is -6.35. The second kappa shape index (κ2) is 24.3. The first-order valence-electron chi connectivity index (χ1n) is 22.1. The van der Waals surface area contributed by atoms with Crippen molar-refractivity contribution in [2.24, 2.45) is 23.7 Å². The number of aromatic hydroxyl groups is 2. The molecule has 2 aromatic carbocycles. The molecule has 0 radical (unpaired) electrons. The number of rotatable bonds is 12. The van der Waals surface area contributed by atoms with Crippen molar-refractivity contribution in [2.75, 3.05) is 13.1 Å². The molecule has 3 amide bonds. The molecule has 1 aliphatic heterocycles. The summed E-state index contributed by atoms with van der Waals surface area (Å²) in [6.07, 6.45) is 6.02. The van der Waals surface area contributed by atoms with Gasteiger partial charge in [-0.25, -0.2) is 0 Å². The second-order valence-electron chi connectivity index (χ2n) is 18.2. The molecule has 358 valence electrons. The Bertz CT molecular complexity index is 2570. The minimum Gasteiger partial charge on any atom is -0.508 e. The predicted molar refractivity (Wildman–Crippen MR) is 255 cm³/mol. The van der Waals surface area contributed by atoms with Crippen LogP contribution in [0, 0.1) is 51.4 Å². The maximum absolute atomic E-state index is 12.1. The van der Waals surface area contributed by atoms with Crippen LogP contribution in [0.4, 0.5) is 0 Å². The van der Waals surface area contributed by atoms with E-state index < -0.39 is 0 Å². The predicted octanol–water partition coefficient (Wildman–Crippen LogP) is 9.31. The Morgan fingerprint density at radius 3 is 1.83 bits per heavy atom. The summed E-state index contributed by atoms with van der Waals surface area (Å²) in [5.41, 5.74) is 4.67. The molecule has 0 unspecified atom stereocenters. The number of fused-ring (bicyclic) bond motifs is 1. The number of nitrogens with zero attached hydrogens (tertiary/aromatic N) is 4. The Balaban J connectivity index is 0.000000235. The third-order valence-corrected chi connectivity index (χ3v) is 10.7. The molecule has 66 heavy (non-hydrogen) atoms. The normalized spacial score (nSPS) is 11.9. The highest BCUT2D eigenvalue weighted by Crippen LogP contribution is 2.31. The van der Waals surface area contributed by atoms with Crippen molar-refractivity contribution >= 4 is 29.3 Å². The standard InChI is InChI=1S/C14H17NO3.C13H18ClNO2.C13H16N2O3.C10H15NO2/c1-8(2)4-5-15-13(17)10-6-9(3)12(16)7-11(10)14(15)18;1-8(2)6-7-15-13(17)10-5-4-9(3)12(16)11(10)14;1-8(2)4-10-5-11(14-18-10)12-6-13(16)9(3)7-15(12)17;1-7(2)4-9-5-10(12)8(3)6-11(9)13/h6-8,16H,4-5H2,1-3H3;4-5,8,16H,6-7H2,1-3H3,(H,15,17);5-8,17H,4H2,1-3H3;5-7,13H,4H2,1-3H3. The van der Waals surface area contributed by atoms with E-state index in [1.54, 1.807) is 52.0 Å². The number of nitrogens with one attached hydrogen (secondary N) is 1. The van der Waals surface area contributed by atoms with E-state index in [0.717, 1.165) is 34.5 Å². The molecule has 0 bridgehead atoms. The quantitative estimate of drug-likeness (QED) is 0.0587. The topological polar surface area (TPSA) is 217 Å². The van der Waals surface area contributed by atoms with Gasteiger partial charge in [-0.2, -0.15) is 9.46 Å². The lowest BCUT2D eigenvalue weighted by Crippen LogP contribution is -2.31. The van der Waals surface area contributed by atoms with Crippen LogP contribution in [0.1, 0.15) is 133 Å². The molecule has 4 heterocycles. The van der Waals surface area contributed by atoms with Gasteiger partial charge in [-0.3, -0.25) is 28.9 Å². The molecule has 16 heteroatoms. The van der Waals surface area contributed by atoms with Crippen LogP contribution in [0.5, 0.6) is 11.5 Å². The molecule has 6 rings (SSSR count). The van der Waals surface area contributed by atoms with Crippen LogP contribution in [0.25, 0.3) is 11.4 Å². The fourth-order valence-electron chi connectivity index (χ4n) is 6.41. The lowest BCUT2D eigenvalue weighted by Gasteiger charge is -2.14. The van der Waals surface area contributed by atoms with E-state index >= 15 is 0 Å². The van der Waals surface area contributed by atoms with Gasteiger partial charge in [-0.15, -0.1) is 0 Å². The van der Waals surface area contributed by atoms with Crippen molar-refractivity contribution in [2.45, 2.75) is 109 Å². The van der Waals surface area contributed by atoms with Gasteiger partial charge >= 0.3 is 0 Å². The van der Waals surface area contributed by atoms with Crippen molar-refractivity contribution < 1.29 is 39.5 Å². The highest BCUT2D eigenvalue weighted by Gasteiger charge is 2.36. The zero-order valence-corrected chi connectivity index (χ0v) is 40.9. The largest absolute Gasteiger partial charge is 0.508 e. The summed E-state index contributed by atoms with van der Waals surface area (Å²) in [4.78, 5) is 60.1. The minimum atomic E-state index is -0.300. The summed E-state index contributed by atoms with van der Waals surface area (Å²) < 4.78 is 7.11. The second-order valence-corrected chi connectivity index (χ2v) is 18.6. The Morgan fingerprint density at radius 1 is 0.697 bits per heavy atom. The van der Waals surface area contributed by atoms with Gasteiger partial charge in [0.05, 0.1) is 39.8 Å². The molecule has 0 spiro atoms. The van der Waals surface area contributed by atoms with Crippen LogP contribution >= 0.6 is 11.6 Å². The van der Waals surface area contributed by atoms with Crippen molar-refractivity contribution in [3.8, 4) is 22.9 Å². The average Bonchev–Trinajstić information content (AvgIpc) is 3.77. The van der Waals surface area contributed by atoms with Gasteiger partial charge in [-0.05, 0) is 100.0 Å². The number of hydrogen-bond donors (Lipinski definition) is 5. The number of hydrogen-bond acceptors (Lipinski definition) is 11. The van der Waals surface area contributed by atoms with Crippen molar-refractivity contribution in [1.29, 1.82) is 0 Å². The monoisotopic (exact) mass is 931 g/mol. The highest BCUT2D eigenvalue weighted by molar-refractivity contribution is 6.35. The van der Waals surface area contributed by atoms with E-state index in [9.17, 15) is 44.6 Å². The number of halogens is 1. The number of aryl methyl sites for hydroxylation is 4. The summed E-state index contributed by atoms with van der Waals surface area (Å²) in [5.74, 6) is 1.84. The first-order valence-corrected chi connectivity index (χ1v) is 22.5. The maximum atomic E-state index is 12.1. The van der Waals surface area contributed by atoms with Gasteiger partial charge in [0.2, 0.25) is 0 Å². The number of phenolic OH excluding ortho intramolecular Hbond substituents is 2.